The van der Waals surface area contributed by atoms with Gasteiger partial charge >= 0.3 is 0 Å². The first-order valence-electron chi connectivity index (χ1n) is 8.72. The van der Waals surface area contributed by atoms with Crippen molar-refractivity contribution >= 4 is 17.9 Å². The Balaban J connectivity index is 2.02. The number of hydrogen-bond donors (Lipinski definition) is 3. The second kappa shape index (κ2) is 9.82. The van der Waals surface area contributed by atoms with Crippen LogP contribution in [0.5, 0.6) is 0 Å². The van der Waals surface area contributed by atoms with Crippen LogP contribution in [0, 0.1) is 11.6 Å². The van der Waals surface area contributed by atoms with E-state index in [4.69, 9.17) is 5.73 Å². The van der Waals surface area contributed by atoms with Crippen molar-refractivity contribution in [1.29, 1.82) is 0 Å². The number of aliphatic hydroxyl groups excluding tert-OH is 1. The van der Waals surface area contributed by atoms with Crippen molar-refractivity contribution in [1.82, 2.24) is 4.90 Å². The third-order valence-electron chi connectivity index (χ3n) is 4.34. The lowest BCUT2D eigenvalue weighted by Crippen LogP contribution is -2.45. The van der Waals surface area contributed by atoms with Crippen LogP contribution < -0.4 is 5.73 Å². The number of aliphatic hydroxyl groups is 1. The van der Waals surface area contributed by atoms with Gasteiger partial charge < -0.3 is 15.7 Å². The summed E-state index contributed by atoms with van der Waals surface area (Å²) in [4.78, 5) is 13.2. The first-order chi connectivity index (χ1) is 12.8. The molecule has 0 aliphatic heterocycles. The van der Waals surface area contributed by atoms with Crippen molar-refractivity contribution in [2.75, 3.05) is 6.54 Å². The molecule has 0 aromatic heterocycles. The zero-order valence-corrected chi connectivity index (χ0v) is 16.0. The number of benzene rings is 2. The van der Waals surface area contributed by atoms with Gasteiger partial charge in [0.15, 0.2) is 0 Å². The van der Waals surface area contributed by atoms with Crippen molar-refractivity contribution < 1.29 is 18.7 Å². The van der Waals surface area contributed by atoms with E-state index in [9.17, 15) is 18.7 Å². The van der Waals surface area contributed by atoms with E-state index in [1.807, 2.05) is 31.2 Å². The quantitative estimate of drug-likeness (QED) is 0.602. The van der Waals surface area contributed by atoms with E-state index in [-0.39, 0.29) is 19.5 Å². The second-order valence-electron chi connectivity index (χ2n) is 6.55. The van der Waals surface area contributed by atoms with Crippen LogP contribution in [0.2, 0.25) is 0 Å². The predicted octanol–water partition coefficient (Wildman–Crippen LogP) is 3.31. The van der Waals surface area contributed by atoms with Gasteiger partial charge in [-0.1, -0.05) is 43.8 Å². The average Bonchev–Trinajstić information content (AvgIpc) is 2.60. The van der Waals surface area contributed by atoms with E-state index < -0.39 is 29.0 Å². The second-order valence-corrected chi connectivity index (χ2v) is 6.93. The lowest BCUT2D eigenvalue weighted by Gasteiger charge is -2.27. The Hall–Kier alpha value is -1.96. The summed E-state index contributed by atoms with van der Waals surface area (Å²) >= 11 is 3.88. The van der Waals surface area contributed by atoms with Gasteiger partial charge in [-0.05, 0) is 41.7 Å². The summed E-state index contributed by atoms with van der Waals surface area (Å²) in [6.07, 6.45) is -0.113. The molecule has 3 N–H and O–H groups in total. The van der Waals surface area contributed by atoms with Gasteiger partial charge in [0.1, 0.15) is 11.6 Å². The van der Waals surface area contributed by atoms with E-state index in [1.54, 1.807) is 0 Å². The predicted molar refractivity (Wildman–Crippen MR) is 105 cm³/mol. The smallest absolute Gasteiger partial charge is 0.278 e. The highest BCUT2D eigenvalue weighted by Gasteiger charge is 2.21. The van der Waals surface area contributed by atoms with Crippen molar-refractivity contribution in [3.63, 3.8) is 0 Å². The number of carbonyl (C=O) groups excluding carboxylic acids is 1. The van der Waals surface area contributed by atoms with Crippen LogP contribution in [0.25, 0.3) is 0 Å². The molecule has 0 aliphatic carbocycles. The van der Waals surface area contributed by atoms with Crippen LogP contribution in [-0.2, 0) is 19.4 Å². The summed E-state index contributed by atoms with van der Waals surface area (Å²) in [6, 6.07) is 10.1. The Morgan fingerprint density at radius 3 is 2.37 bits per heavy atom. The highest BCUT2D eigenvalue weighted by atomic mass is 32.1. The van der Waals surface area contributed by atoms with Crippen LogP contribution in [0.3, 0.4) is 0 Å². The number of hydrogen-bond acceptors (Lipinski definition) is 3. The molecule has 0 spiro atoms. The standard InChI is InChI=1S/C20H24F2N2O2S/c1-2-13-4-3-5-14(6-13)11-24(20(26)27)12-19(25)18(23)9-15-7-16(21)10-17(22)8-15/h3-8,10,18-19,25H,2,9,11-12,23H2,1H3,(H,26,27). The maximum absolute atomic E-state index is 13.3. The number of halogens is 2. The monoisotopic (exact) mass is 394 g/mol. The Bertz CT molecular complexity index is 768. The number of nitrogens with two attached hydrogens (primary N) is 1. The maximum Gasteiger partial charge on any atom is 0.278 e. The van der Waals surface area contributed by atoms with Crippen molar-refractivity contribution in [2.45, 2.75) is 38.5 Å². The minimum Gasteiger partial charge on any atom is -0.390 e. The van der Waals surface area contributed by atoms with Crippen LogP contribution in [0.4, 0.5) is 13.6 Å². The largest absolute Gasteiger partial charge is 0.390 e. The third-order valence-corrected chi connectivity index (χ3v) is 4.62. The van der Waals surface area contributed by atoms with Gasteiger partial charge in [-0.25, -0.2) is 8.78 Å². The van der Waals surface area contributed by atoms with Crippen LogP contribution >= 0.6 is 12.6 Å². The molecule has 0 aliphatic rings. The topological polar surface area (TPSA) is 66.6 Å². The van der Waals surface area contributed by atoms with Gasteiger partial charge in [0.2, 0.25) is 0 Å². The molecule has 7 heteroatoms. The van der Waals surface area contributed by atoms with E-state index in [2.05, 4.69) is 12.6 Å². The molecule has 0 radical (unpaired) electrons. The Morgan fingerprint density at radius 2 is 1.78 bits per heavy atom. The van der Waals surface area contributed by atoms with Crippen molar-refractivity contribution in [2.24, 2.45) is 5.73 Å². The first-order valence-corrected chi connectivity index (χ1v) is 9.17. The molecule has 0 bridgehead atoms. The number of amides is 1. The molecule has 2 rings (SSSR count). The lowest BCUT2D eigenvalue weighted by molar-refractivity contribution is 0.104. The summed E-state index contributed by atoms with van der Waals surface area (Å²) in [5.41, 5.74) is 8.39. The van der Waals surface area contributed by atoms with E-state index >= 15 is 0 Å². The Labute approximate surface area is 163 Å². The fraction of sp³-hybridized carbons (Fsp3) is 0.350. The van der Waals surface area contributed by atoms with Gasteiger partial charge in [-0.3, -0.25) is 4.79 Å². The molecule has 2 aromatic carbocycles. The molecule has 1 amide bonds. The molecule has 0 saturated heterocycles. The van der Waals surface area contributed by atoms with Crippen molar-refractivity contribution in [3.05, 3.63) is 70.8 Å². The molecule has 2 atom stereocenters. The summed E-state index contributed by atoms with van der Waals surface area (Å²) < 4.78 is 26.6. The van der Waals surface area contributed by atoms with E-state index in [1.165, 1.54) is 17.0 Å². The molecule has 2 aromatic rings. The minimum atomic E-state index is -1.07. The molecule has 4 nitrogen and oxygen atoms in total. The van der Waals surface area contributed by atoms with E-state index in [0.29, 0.717) is 5.56 Å². The fourth-order valence-electron chi connectivity index (χ4n) is 2.88. The first kappa shape index (κ1) is 21.3. The molecule has 2 unspecified atom stereocenters. The van der Waals surface area contributed by atoms with Crippen molar-refractivity contribution in [3.8, 4) is 0 Å². The zero-order chi connectivity index (χ0) is 20.0. The van der Waals surface area contributed by atoms with Gasteiger partial charge in [0, 0.05) is 25.2 Å². The molecule has 146 valence electrons. The number of nitrogens with zero attached hydrogens (tertiary/aromatic N) is 1. The maximum atomic E-state index is 13.3. The van der Waals surface area contributed by atoms with Gasteiger partial charge in [-0.15, -0.1) is 0 Å². The minimum absolute atomic E-state index is 0.0301. The molecular formula is C20H24F2N2O2S. The highest BCUT2D eigenvalue weighted by Crippen LogP contribution is 2.14. The van der Waals surface area contributed by atoms with Gasteiger partial charge in [0.05, 0.1) is 6.10 Å². The van der Waals surface area contributed by atoms with Crippen LogP contribution in [0.15, 0.2) is 42.5 Å². The molecular weight excluding hydrogens is 370 g/mol. The number of rotatable bonds is 8. The molecule has 0 fully saturated rings. The summed E-state index contributed by atoms with van der Waals surface area (Å²) in [5, 5.41) is 9.89. The third kappa shape index (κ3) is 6.61. The molecule has 27 heavy (non-hydrogen) atoms. The van der Waals surface area contributed by atoms with Crippen LogP contribution in [0.1, 0.15) is 23.6 Å². The fourth-order valence-corrected chi connectivity index (χ4v) is 3.03. The zero-order valence-electron chi connectivity index (χ0n) is 15.1. The number of thiol groups is 1. The summed E-state index contributed by atoms with van der Waals surface area (Å²) in [6.45, 7) is 2.30. The molecule has 0 saturated carbocycles. The lowest BCUT2D eigenvalue weighted by atomic mass is 10.0. The van der Waals surface area contributed by atoms with E-state index in [0.717, 1.165) is 23.6 Å². The SMILES string of the molecule is CCc1cccc(CN(CC(O)C(N)Cc2cc(F)cc(F)c2)C(=O)S)c1. The Morgan fingerprint density at radius 1 is 1.15 bits per heavy atom. The normalized spacial score (nSPS) is 13.3. The summed E-state index contributed by atoms with van der Waals surface area (Å²) in [7, 11) is 0. The average molecular weight is 394 g/mol. The van der Waals surface area contributed by atoms with Gasteiger partial charge in [-0.2, -0.15) is 0 Å². The van der Waals surface area contributed by atoms with Crippen LogP contribution in [-0.4, -0.2) is 33.9 Å². The summed E-state index contributed by atoms with van der Waals surface area (Å²) in [5.74, 6) is -1.40. The molecule has 0 heterocycles. The number of carbonyl (C=O) groups is 1. The number of aryl methyl sites for hydroxylation is 1. The van der Waals surface area contributed by atoms with Gasteiger partial charge in [0.25, 0.3) is 5.24 Å². The highest BCUT2D eigenvalue weighted by molar-refractivity contribution is 7.96. The Kier molecular flexibility index (Phi) is 7.77.